The zero-order valence-corrected chi connectivity index (χ0v) is 8.51. The summed E-state index contributed by atoms with van der Waals surface area (Å²) in [7, 11) is 0. The van der Waals surface area contributed by atoms with E-state index in [2.05, 4.69) is 15.9 Å². The maximum Gasteiger partial charge on any atom is 0.308 e. The Hall–Kier alpha value is -0.830. The Morgan fingerprint density at radius 3 is 2.67 bits per heavy atom. The van der Waals surface area contributed by atoms with Crippen LogP contribution in [0.4, 0.5) is 0 Å². The molecule has 1 aromatic rings. The van der Waals surface area contributed by atoms with Crippen LogP contribution in [-0.4, -0.2) is 5.97 Å². The summed E-state index contributed by atoms with van der Waals surface area (Å²) in [6.07, 6.45) is 0. The SMILES string of the molecule is CC(=O)Oc1ccc(C)c(Br)c1. The van der Waals surface area contributed by atoms with Crippen molar-refractivity contribution in [1.29, 1.82) is 0 Å². The zero-order valence-electron chi connectivity index (χ0n) is 6.93. The van der Waals surface area contributed by atoms with Crippen LogP contribution in [0, 0.1) is 6.92 Å². The highest BCUT2D eigenvalue weighted by molar-refractivity contribution is 9.10. The number of carbonyl (C=O) groups is 1. The molecule has 0 unspecified atom stereocenters. The first-order valence-electron chi connectivity index (χ1n) is 3.54. The second kappa shape index (κ2) is 3.72. The van der Waals surface area contributed by atoms with Gasteiger partial charge in [0.2, 0.25) is 0 Å². The van der Waals surface area contributed by atoms with Gasteiger partial charge in [0.15, 0.2) is 0 Å². The molecule has 0 N–H and O–H groups in total. The number of aryl methyl sites for hydroxylation is 1. The Morgan fingerprint density at radius 2 is 2.17 bits per heavy atom. The lowest BCUT2D eigenvalue weighted by Gasteiger charge is -2.02. The van der Waals surface area contributed by atoms with Gasteiger partial charge in [-0.3, -0.25) is 4.79 Å². The summed E-state index contributed by atoms with van der Waals surface area (Å²) in [4.78, 5) is 10.6. The van der Waals surface area contributed by atoms with E-state index in [-0.39, 0.29) is 5.97 Å². The van der Waals surface area contributed by atoms with Crippen LogP contribution in [0.2, 0.25) is 0 Å². The maximum atomic E-state index is 10.6. The van der Waals surface area contributed by atoms with Crippen LogP contribution >= 0.6 is 15.9 Å². The molecule has 2 nitrogen and oxygen atoms in total. The molecule has 0 amide bonds. The number of hydrogen-bond acceptors (Lipinski definition) is 2. The highest BCUT2D eigenvalue weighted by Gasteiger charge is 1.99. The predicted octanol–water partition coefficient (Wildman–Crippen LogP) is 2.68. The largest absolute Gasteiger partial charge is 0.427 e. The molecular formula is C9H9BrO2. The van der Waals surface area contributed by atoms with Crippen molar-refractivity contribution in [2.75, 3.05) is 0 Å². The van der Waals surface area contributed by atoms with Crippen LogP contribution in [0.5, 0.6) is 5.75 Å². The average Bonchev–Trinajstić information content (AvgIpc) is 1.96. The second-order valence-corrected chi connectivity index (χ2v) is 3.36. The fraction of sp³-hybridized carbons (Fsp3) is 0.222. The molecule has 0 radical (unpaired) electrons. The fourth-order valence-corrected chi connectivity index (χ4v) is 1.16. The Morgan fingerprint density at radius 1 is 1.50 bits per heavy atom. The lowest BCUT2D eigenvalue weighted by Crippen LogP contribution is -2.01. The van der Waals surface area contributed by atoms with Crippen LogP contribution in [0.3, 0.4) is 0 Å². The minimum Gasteiger partial charge on any atom is -0.427 e. The van der Waals surface area contributed by atoms with E-state index in [9.17, 15) is 4.79 Å². The van der Waals surface area contributed by atoms with Crippen molar-refractivity contribution in [2.24, 2.45) is 0 Å². The van der Waals surface area contributed by atoms with Crippen molar-refractivity contribution in [3.8, 4) is 5.75 Å². The molecule has 0 aliphatic rings. The molecule has 0 aliphatic carbocycles. The van der Waals surface area contributed by atoms with Gasteiger partial charge in [0, 0.05) is 11.4 Å². The summed E-state index contributed by atoms with van der Waals surface area (Å²) >= 11 is 3.34. The van der Waals surface area contributed by atoms with E-state index >= 15 is 0 Å². The van der Waals surface area contributed by atoms with E-state index in [4.69, 9.17) is 4.74 Å². The van der Waals surface area contributed by atoms with Gasteiger partial charge < -0.3 is 4.74 Å². The van der Waals surface area contributed by atoms with E-state index in [1.807, 2.05) is 13.0 Å². The lowest BCUT2D eigenvalue weighted by atomic mass is 10.2. The summed E-state index contributed by atoms with van der Waals surface area (Å²) in [6, 6.07) is 5.43. The first kappa shape index (κ1) is 9.26. The monoisotopic (exact) mass is 228 g/mol. The molecule has 0 aliphatic heterocycles. The first-order chi connectivity index (χ1) is 5.59. The number of hydrogen-bond donors (Lipinski definition) is 0. The highest BCUT2D eigenvalue weighted by atomic mass is 79.9. The molecule has 0 spiro atoms. The van der Waals surface area contributed by atoms with Crippen molar-refractivity contribution in [3.05, 3.63) is 28.2 Å². The number of esters is 1. The third-order valence-corrected chi connectivity index (χ3v) is 2.26. The van der Waals surface area contributed by atoms with E-state index in [0.717, 1.165) is 10.0 Å². The molecule has 64 valence electrons. The second-order valence-electron chi connectivity index (χ2n) is 2.50. The van der Waals surface area contributed by atoms with Crippen LogP contribution < -0.4 is 4.74 Å². The Bertz CT molecular complexity index is 307. The summed E-state index contributed by atoms with van der Waals surface area (Å²) in [5, 5.41) is 0. The molecule has 0 saturated carbocycles. The normalized spacial score (nSPS) is 9.58. The summed E-state index contributed by atoms with van der Waals surface area (Å²) in [6.45, 7) is 3.36. The van der Waals surface area contributed by atoms with Gasteiger partial charge in [-0.25, -0.2) is 0 Å². The molecular weight excluding hydrogens is 220 g/mol. The first-order valence-corrected chi connectivity index (χ1v) is 4.33. The predicted molar refractivity (Wildman–Crippen MR) is 50.2 cm³/mol. The van der Waals surface area contributed by atoms with Crippen molar-refractivity contribution < 1.29 is 9.53 Å². The minimum absolute atomic E-state index is 0.300. The summed E-state index contributed by atoms with van der Waals surface area (Å²) in [5.41, 5.74) is 1.12. The molecule has 1 aromatic carbocycles. The molecule has 0 heterocycles. The number of ether oxygens (including phenoxy) is 1. The van der Waals surface area contributed by atoms with Crippen molar-refractivity contribution in [1.82, 2.24) is 0 Å². The van der Waals surface area contributed by atoms with Gasteiger partial charge in [-0.05, 0) is 24.6 Å². The average molecular weight is 229 g/mol. The molecule has 0 atom stereocenters. The van der Waals surface area contributed by atoms with Crippen molar-refractivity contribution in [3.63, 3.8) is 0 Å². The molecule has 0 saturated heterocycles. The molecule has 0 aromatic heterocycles. The van der Waals surface area contributed by atoms with E-state index in [1.54, 1.807) is 12.1 Å². The Kier molecular flexibility index (Phi) is 2.87. The fourth-order valence-electron chi connectivity index (χ4n) is 0.803. The number of carbonyl (C=O) groups excluding carboxylic acids is 1. The third-order valence-electron chi connectivity index (χ3n) is 1.40. The topological polar surface area (TPSA) is 26.3 Å². The van der Waals surface area contributed by atoms with Crippen molar-refractivity contribution >= 4 is 21.9 Å². The van der Waals surface area contributed by atoms with Gasteiger partial charge in [0.25, 0.3) is 0 Å². The van der Waals surface area contributed by atoms with Gasteiger partial charge in [-0.1, -0.05) is 22.0 Å². The summed E-state index contributed by atoms with van der Waals surface area (Å²) < 4.78 is 5.83. The highest BCUT2D eigenvalue weighted by Crippen LogP contribution is 2.22. The van der Waals surface area contributed by atoms with Crippen LogP contribution in [-0.2, 0) is 4.79 Å². The van der Waals surface area contributed by atoms with Crippen LogP contribution in [0.25, 0.3) is 0 Å². The zero-order chi connectivity index (χ0) is 9.14. The number of benzene rings is 1. The Balaban J connectivity index is 2.89. The smallest absolute Gasteiger partial charge is 0.308 e. The molecule has 1 rings (SSSR count). The number of halogens is 1. The van der Waals surface area contributed by atoms with E-state index < -0.39 is 0 Å². The van der Waals surface area contributed by atoms with Gasteiger partial charge in [-0.15, -0.1) is 0 Å². The molecule has 0 fully saturated rings. The molecule has 0 bridgehead atoms. The van der Waals surface area contributed by atoms with Gasteiger partial charge in [-0.2, -0.15) is 0 Å². The quantitative estimate of drug-likeness (QED) is 0.546. The van der Waals surface area contributed by atoms with Gasteiger partial charge in [0.05, 0.1) is 0 Å². The summed E-state index contributed by atoms with van der Waals surface area (Å²) in [5.74, 6) is 0.269. The van der Waals surface area contributed by atoms with Gasteiger partial charge in [0.1, 0.15) is 5.75 Å². The molecule has 12 heavy (non-hydrogen) atoms. The van der Waals surface area contributed by atoms with E-state index in [1.165, 1.54) is 6.92 Å². The lowest BCUT2D eigenvalue weighted by molar-refractivity contribution is -0.131. The Labute approximate surface area is 79.7 Å². The molecule has 3 heteroatoms. The standard InChI is InChI=1S/C9H9BrO2/c1-6-3-4-8(5-9(6)10)12-7(2)11/h3-5H,1-2H3. The van der Waals surface area contributed by atoms with E-state index in [0.29, 0.717) is 5.75 Å². The van der Waals surface area contributed by atoms with Crippen molar-refractivity contribution in [2.45, 2.75) is 13.8 Å². The number of rotatable bonds is 1. The van der Waals surface area contributed by atoms with Crippen LogP contribution in [0.1, 0.15) is 12.5 Å². The maximum absolute atomic E-state index is 10.6. The van der Waals surface area contributed by atoms with Gasteiger partial charge >= 0.3 is 5.97 Å². The minimum atomic E-state index is -0.300. The third kappa shape index (κ3) is 2.34. The van der Waals surface area contributed by atoms with Crippen LogP contribution in [0.15, 0.2) is 22.7 Å².